The van der Waals surface area contributed by atoms with E-state index in [1.807, 2.05) is 6.92 Å². The van der Waals surface area contributed by atoms with Gasteiger partial charge in [-0.25, -0.2) is 0 Å². The number of benzene rings is 1. The average molecular weight is 246 g/mol. The van der Waals surface area contributed by atoms with Crippen LogP contribution in [0, 0.1) is 6.92 Å². The minimum atomic E-state index is -0.595. The van der Waals surface area contributed by atoms with E-state index in [2.05, 4.69) is 0 Å². The fraction of sp³-hybridized carbons (Fsp3) is 0.308. The Labute approximate surface area is 105 Å². The van der Waals surface area contributed by atoms with Gasteiger partial charge in [-0.15, -0.1) is 0 Å². The summed E-state index contributed by atoms with van der Waals surface area (Å²) in [5.74, 6) is -1.82. The number of carbonyl (C=O) groups excluding carboxylic acids is 3. The van der Waals surface area contributed by atoms with Gasteiger partial charge >= 0.3 is 0 Å². The van der Waals surface area contributed by atoms with Crippen molar-refractivity contribution in [2.24, 2.45) is 5.73 Å². The Morgan fingerprint density at radius 2 is 1.89 bits per heavy atom. The van der Waals surface area contributed by atoms with E-state index in [0.717, 1.165) is 10.5 Å². The van der Waals surface area contributed by atoms with E-state index in [1.54, 1.807) is 19.1 Å². The van der Waals surface area contributed by atoms with Crippen molar-refractivity contribution in [2.75, 3.05) is 7.05 Å². The third-order valence-corrected chi connectivity index (χ3v) is 3.26. The molecule has 1 aromatic rings. The van der Waals surface area contributed by atoms with Gasteiger partial charge in [0.25, 0.3) is 11.8 Å². The third kappa shape index (κ3) is 1.59. The summed E-state index contributed by atoms with van der Waals surface area (Å²) in [6.45, 7) is 3.45. The Bertz CT molecular complexity index is 578. The number of amides is 3. The van der Waals surface area contributed by atoms with Crippen molar-refractivity contribution in [3.05, 3.63) is 34.4 Å². The Balaban J connectivity index is 2.71. The molecule has 1 unspecified atom stereocenters. The van der Waals surface area contributed by atoms with Gasteiger partial charge in [-0.2, -0.15) is 0 Å². The summed E-state index contributed by atoms with van der Waals surface area (Å²) in [7, 11) is 1.43. The highest BCUT2D eigenvalue weighted by Gasteiger charge is 2.36. The summed E-state index contributed by atoms with van der Waals surface area (Å²) in [6, 6.07) is 3.40. The molecule has 0 saturated heterocycles. The van der Waals surface area contributed by atoms with Crippen LogP contribution in [0.5, 0.6) is 0 Å². The molecule has 1 aliphatic rings. The zero-order valence-electron chi connectivity index (χ0n) is 10.5. The van der Waals surface area contributed by atoms with Gasteiger partial charge in [0.2, 0.25) is 5.91 Å². The molecule has 0 radical (unpaired) electrons. The van der Waals surface area contributed by atoms with Crippen molar-refractivity contribution in [3.8, 4) is 0 Å². The SMILES string of the molecule is Cc1cc2c(c(C(C)C(N)=O)c1)C(=O)N(C)C2=O. The normalized spacial score (nSPS) is 15.8. The molecule has 0 spiro atoms. The van der Waals surface area contributed by atoms with Crippen LogP contribution < -0.4 is 5.73 Å². The van der Waals surface area contributed by atoms with Crippen LogP contribution in [0.15, 0.2) is 12.1 Å². The second kappa shape index (κ2) is 3.94. The maximum Gasteiger partial charge on any atom is 0.261 e. The first kappa shape index (κ1) is 12.3. The predicted molar refractivity (Wildman–Crippen MR) is 65.2 cm³/mol. The lowest BCUT2D eigenvalue weighted by atomic mass is 9.91. The standard InChI is InChI=1S/C13H14N2O3/c1-6-4-8(7(2)11(14)16)10-9(5-6)12(17)15(3)13(10)18/h4-5,7H,1-3H3,(H2,14,16). The molecule has 1 atom stereocenters. The van der Waals surface area contributed by atoms with Gasteiger partial charge in [-0.1, -0.05) is 6.07 Å². The number of hydrogen-bond donors (Lipinski definition) is 1. The monoisotopic (exact) mass is 246 g/mol. The zero-order valence-corrected chi connectivity index (χ0v) is 10.5. The van der Waals surface area contributed by atoms with Gasteiger partial charge in [-0.05, 0) is 31.0 Å². The van der Waals surface area contributed by atoms with Crippen LogP contribution in [0.4, 0.5) is 0 Å². The lowest BCUT2D eigenvalue weighted by Crippen LogP contribution is -2.25. The lowest BCUT2D eigenvalue weighted by molar-refractivity contribution is -0.119. The fourth-order valence-electron chi connectivity index (χ4n) is 2.16. The molecule has 1 heterocycles. The van der Waals surface area contributed by atoms with E-state index in [9.17, 15) is 14.4 Å². The van der Waals surface area contributed by atoms with Crippen LogP contribution in [-0.2, 0) is 4.79 Å². The van der Waals surface area contributed by atoms with Crippen LogP contribution in [-0.4, -0.2) is 29.7 Å². The smallest absolute Gasteiger partial charge is 0.261 e. The van der Waals surface area contributed by atoms with Gasteiger partial charge in [0.1, 0.15) is 0 Å². The molecule has 1 aliphatic heterocycles. The number of nitrogens with zero attached hydrogens (tertiary/aromatic N) is 1. The highest BCUT2D eigenvalue weighted by Crippen LogP contribution is 2.31. The first-order valence-electron chi connectivity index (χ1n) is 5.60. The zero-order chi connectivity index (χ0) is 13.6. The number of nitrogens with two attached hydrogens (primary N) is 1. The first-order chi connectivity index (χ1) is 8.34. The topological polar surface area (TPSA) is 80.5 Å². The van der Waals surface area contributed by atoms with Crippen LogP contribution in [0.25, 0.3) is 0 Å². The summed E-state index contributed by atoms with van der Waals surface area (Å²) < 4.78 is 0. The molecular formula is C13H14N2O3. The Morgan fingerprint density at radius 3 is 2.44 bits per heavy atom. The highest BCUT2D eigenvalue weighted by molar-refractivity contribution is 6.22. The summed E-state index contributed by atoms with van der Waals surface area (Å²) in [6.07, 6.45) is 0. The van der Waals surface area contributed by atoms with E-state index in [4.69, 9.17) is 5.73 Å². The summed E-state index contributed by atoms with van der Waals surface area (Å²) >= 11 is 0. The number of aryl methyl sites for hydroxylation is 1. The maximum absolute atomic E-state index is 12.0. The van der Waals surface area contributed by atoms with Gasteiger partial charge in [0, 0.05) is 7.05 Å². The molecular weight excluding hydrogens is 232 g/mol. The van der Waals surface area contributed by atoms with Gasteiger partial charge < -0.3 is 5.73 Å². The molecule has 3 amide bonds. The largest absolute Gasteiger partial charge is 0.369 e. The molecule has 0 bridgehead atoms. The van der Waals surface area contributed by atoms with Crippen LogP contribution >= 0.6 is 0 Å². The lowest BCUT2D eigenvalue weighted by Gasteiger charge is -2.12. The van der Waals surface area contributed by atoms with E-state index < -0.39 is 11.8 Å². The number of fused-ring (bicyclic) bond motifs is 1. The Morgan fingerprint density at radius 1 is 1.28 bits per heavy atom. The van der Waals surface area contributed by atoms with Gasteiger partial charge in [-0.3, -0.25) is 19.3 Å². The van der Waals surface area contributed by atoms with Crippen LogP contribution in [0.3, 0.4) is 0 Å². The minimum absolute atomic E-state index is 0.305. The van der Waals surface area contributed by atoms with Crippen molar-refractivity contribution in [1.82, 2.24) is 4.90 Å². The van der Waals surface area contributed by atoms with Crippen molar-refractivity contribution >= 4 is 17.7 Å². The highest BCUT2D eigenvalue weighted by atomic mass is 16.2. The first-order valence-corrected chi connectivity index (χ1v) is 5.60. The summed E-state index contributed by atoms with van der Waals surface area (Å²) in [5.41, 5.74) is 7.29. The van der Waals surface area contributed by atoms with Crippen molar-refractivity contribution < 1.29 is 14.4 Å². The van der Waals surface area contributed by atoms with Crippen molar-refractivity contribution in [2.45, 2.75) is 19.8 Å². The molecule has 94 valence electrons. The number of rotatable bonds is 2. The second-order valence-electron chi connectivity index (χ2n) is 4.57. The van der Waals surface area contributed by atoms with E-state index in [-0.39, 0.29) is 11.8 Å². The third-order valence-electron chi connectivity index (χ3n) is 3.26. The molecule has 2 N–H and O–H groups in total. The number of imide groups is 1. The van der Waals surface area contributed by atoms with Gasteiger partial charge in [0.05, 0.1) is 17.0 Å². The molecule has 0 saturated carbocycles. The number of hydrogen-bond acceptors (Lipinski definition) is 3. The maximum atomic E-state index is 12.0. The quantitative estimate of drug-likeness (QED) is 0.784. The molecule has 0 fully saturated rings. The van der Waals surface area contributed by atoms with Crippen molar-refractivity contribution in [3.63, 3.8) is 0 Å². The number of primary amides is 1. The summed E-state index contributed by atoms with van der Waals surface area (Å²) in [5, 5.41) is 0. The summed E-state index contributed by atoms with van der Waals surface area (Å²) in [4.78, 5) is 36.3. The fourth-order valence-corrected chi connectivity index (χ4v) is 2.16. The Hall–Kier alpha value is -2.17. The average Bonchev–Trinajstić information content (AvgIpc) is 2.52. The Kier molecular flexibility index (Phi) is 2.69. The van der Waals surface area contributed by atoms with E-state index in [0.29, 0.717) is 16.7 Å². The molecule has 18 heavy (non-hydrogen) atoms. The molecule has 5 heteroatoms. The van der Waals surface area contributed by atoms with E-state index >= 15 is 0 Å². The van der Waals surface area contributed by atoms with E-state index in [1.165, 1.54) is 7.05 Å². The molecule has 0 aromatic heterocycles. The molecule has 0 aliphatic carbocycles. The molecule has 1 aromatic carbocycles. The molecule has 2 rings (SSSR count). The van der Waals surface area contributed by atoms with Gasteiger partial charge in [0.15, 0.2) is 0 Å². The molecule has 5 nitrogen and oxygen atoms in total. The van der Waals surface area contributed by atoms with Crippen LogP contribution in [0.1, 0.15) is 44.7 Å². The predicted octanol–water partition coefficient (Wildman–Crippen LogP) is 0.810. The van der Waals surface area contributed by atoms with Crippen molar-refractivity contribution in [1.29, 1.82) is 0 Å². The minimum Gasteiger partial charge on any atom is -0.369 e. The second-order valence-corrected chi connectivity index (χ2v) is 4.57. The van der Waals surface area contributed by atoms with Crippen LogP contribution in [0.2, 0.25) is 0 Å². The number of carbonyl (C=O) groups is 3.